The first-order valence-electron chi connectivity index (χ1n) is 1.89. The molecule has 1 heteroatoms. The third-order valence-electron chi connectivity index (χ3n) is 0.0772. The van der Waals surface area contributed by atoms with Crippen LogP contribution in [0.1, 0.15) is 2.74 Å². The predicted molar refractivity (Wildman–Crippen MR) is 29.1 cm³/mol. The molecule has 24 valence electrons. The fourth-order valence-corrected chi connectivity index (χ4v) is 0. The van der Waals surface area contributed by atoms with Gasteiger partial charge in [0, 0.05) is 7.12 Å². The lowest BCUT2D eigenvalue weighted by Crippen LogP contribution is -1.43. The topological polar surface area (TPSA) is 0 Å². The Hall–Kier alpha value is 0.470. The molecule has 0 saturated carbocycles. The van der Waals surface area contributed by atoms with Gasteiger partial charge in [0.2, 0.25) is 0 Å². The van der Waals surface area contributed by atoms with Gasteiger partial charge in [-0.25, -0.2) is 0 Å². The Balaban J connectivity index is 3.45. The van der Waals surface area contributed by atoms with Crippen LogP contribution in [0.5, 0.6) is 0 Å². The first-order valence-corrected chi connectivity index (χ1v) is 1.96. The van der Waals surface area contributed by atoms with Crippen LogP contribution in [0.15, 0.2) is 12.7 Å². The van der Waals surface area contributed by atoms with E-state index >= 15 is 0 Å². The Morgan fingerprint density at radius 3 is 2.75 bits per heavy atom. The second-order valence-electron chi connectivity index (χ2n) is 0.313. The molecule has 0 aromatic rings. The van der Waals surface area contributed by atoms with Crippen molar-refractivity contribution in [2.75, 3.05) is 4.38 Å². The van der Waals surface area contributed by atoms with Crippen LogP contribution in [-0.2, 0) is 0 Å². The third kappa shape index (κ3) is 2.47. The van der Waals surface area contributed by atoms with Crippen molar-refractivity contribution in [3.63, 3.8) is 0 Å². The maximum atomic E-state index is 6.72. The van der Waals surface area contributed by atoms with Crippen LogP contribution in [0.2, 0.25) is 0 Å². The molecular formula is C3H5I. The van der Waals surface area contributed by atoms with Crippen LogP contribution in [0.3, 0.4) is 0 Å². The standard InChI is InChI=1S/C3H5I/c1-2-3-4/h2H,1,3H2/i3D2. The molecule has 0 nitrogen and oxygen atoms in total. The normalized spacial score (nSPS) is 17.2. The molecule has 0 aliphatic rings. The second kappa shape index (κ2) is 3.47. The van der Waals surface area contributed by atoms with Gasteiger partial charge >= 0.3 is 0 Å². The molecule has 0 atom stereocenters. The van der Waals surface area contributed by atoms with E-state index in [1.165, 1.54) is 6.08 Å². The van der Waals surface area contributed by atoms with Crippen molar-refractivity contribution in [2.45, 2.75) is 0 Å². The summed E-state index contributed by atoms with van der Waals surface area (Å²) in [6.45, 7) is 3.25. The van der Waals surface area contributed by atoms with Crippen LogP contribution < -0.4 is 0 Å². The molecule has 0 bridgehead atoms. The monoisotopic (exact) mass is 170 g/mol. The van der Waals surface area contributed by atoms with E-state index in [0.717, 1.165) is 0 Å². The molecule has 0 N–H and O–H groups in total. The molecule has 0 aliphatic carbocycles. The van der Waals surface area contributed by atoms with E-state index in [1.54, 1.807) is 22.6 Å². The average molecular weight is 170 g/mol. The van der Waals surface area contributed by atoms with Gasteiger partial charge in [0.25, 0.3) is 0 Å². The third-order valence-corrected chi connectivity index (χ3v) is 0.518. The molecule has 0 rings (SSSR count). The quantitative estimate of drug-likeness (QED) is 0.318. The lowest BCUT2D eigenvalue weighted by molar-refractivity contribution is 1.90. The van der Waals surface area contributed by atoms with E-state index < -0.39 is 4.38 Å². The van der Waals surface area contributed by atoms with Gasteiger partial charge in [0.05, 0.1) is 0 Å². The van der Waals surface area contributed by atoms with Crippen molar-refractivity contribution in [1.29, 1.82) is 0 Å². The summed E-state index contributed by atoms with van der Waals surface area (Å²) in [5.41, 5.74) is 0. The Morgan fingerprint density at radius 1 is 2.50 bits per heavy atom. The van der Waals surface area contributed by atoms with Crippen molar-refractivity contribution in [2.24, 2.45) is 0 Å². The highest BCUT2D eigenvalue weighted by atomic mass is 127. The summed E-state index contributed by atoms with van der Waals surface area (Å²) in [7, 11) is 0. The van der Waals surface area contributed by atoms with Gasteiger partial charge in [-0.3, -0.25) is 0 Å². The number of rotatable bonds is 1. The van der Waals surface area contributed by atoms with E-state index in [1.807, 2.05) is 0 Å². The molecule has 0 spiro atoms. The van der Waals surface area contributed by atoms with Crippen LogP contribution in [-0.4, -0.2) is 4.38 Å². The molecule has 0 aromatic heterocycles. The highest BCUT2D eigenvalue weighted by Gasteiger charge is 1.47. The van der Waals surface area contributed by atoms with Crippen LogP contribution in [0.4, 0.5) is 0 Å². The van der Waals surface area contributed by atoms with Crippen molar-refractivity contribution in [1.82, 2.24) is 0 Å². The van der Waals surface area contributed by atoms with Crippen molar-refractivity contribution < 1.29 is 2.74 Å². The summed E-state index contributed by atoms with van der Waals surface area (Å²) >= 11 is 1.66. The first-order chi connectivity index (χ1) is 2.56. The van der Waals surface area contributed by atoms with Gasteiger partial charge in [-0.15, -0.1) is 6.58 Å². The zero-order valence-electron chi connectivity index (χ0n) is 4.16. The van der Waals surface area contributed by atoms with Gasteiger partial charge in [0.15, 0.2) is 0 Å². The van der Waals surface area contributed by atoms with Gasteiger partial charge in [-0.1, -0.05) is 28.7 Å². The largest absolute Gasteiger partial charge is 0.102 e. The number of alkyl halides is 1. The number of hydrogen-bond acceptors (Lipinski definition) is 0. The first kappa shape index (κ1) is 1.80. The van der Waals surface area contributed by atoms with Gasteiger partial charge in [-0.2, -0.15) is 0 Å². The zero-order chi connectivity index (χ0) is 5.21. The van der Waals surface area contributed by atoms with E-state index in [4.69, 9.17) is 2.74 Å². The van der Waals surface area contributed by atoms with E-state index in [2.05, 4.69) is 6.58 Å². The lowest BCUT2D eigenvalue weighted by atomic mass is 10.8. The highest BCUT2D eigenvalue weighted by Crippen LogP contribution is 1.75. The van der Waals surface area contributed by atoms with Gasteiger partial charge in [-0.05, 0) is 0 Å². The Morgan fingerprint density at radius 2 is 2.75 bits per heavy atom. The van der Waals surface area contributed by atoms with Gasteiger partial charge in [0.1, 0.15) is 0 Å². The fraction of sp³-hybridized carbons (Fsp3) is 0.333. The maximum absolute atomic E-state index is 6.72. The van der Waals surface area contributed by atoms with E-state index in [9.17, 15) is 0 Å². The second-order valence-corrected chi connectivity index (χ2v) is 0.936. The molecular weight excluding hydrogens is 163 g/mol. The summed E-state index contributed by atoms with van der Waals surface area (Å²) in [4.78, 5) is 0. The molecule has 0 aromatic carbocycles. The molecule has 0 heterocycles. The van der Waals surface area contributed by atoms with Crippen LogP contribution in [0, 0.1) is 0 Å². The molecule has 0 saturated heterocycles. The molecule has 0 aliphatic heterocycles. The van der Waals surface area contributed by atoms with Crippen molar-refractivity contribution >= 4 is 22.6 Å². The molecule has 0 radical (unpaired) electrons. The molecule has 4 heavy (non-hydrogen) atoms. The van der Waals surface area contributed by atoms with Crippen molar-refractivity contribution in [3.05, 3.63) is 12.7 Å². The van der Waals surface area contributed by atoms with E-state index in [-0.39, 0.29) is 0 Å². The Kier molecular flexibility index (Phi) is 1.56. The van der Waals surface area contributed by atoms with Crippen LogP contribution >= 0.6 is 22.6 Å². The summed E-state index contributed by atoms with van der Waals surface area (Å²) in [5.74, 6) is 0. The van der Waals surface area contributed by atoms with Gasteiger partial charge < -0.3 is 0 Å². The zero-order valence-corrected chi connectivity index (χ0v) is 4.32. The predicted octanol–water partition coefficient (Wildman–Crippen LogP) is 1.61. The summed E-state index contributed by atoms with van der Waals surface area (Å²) in [6.07, 6.45) is 1.26. The lowest BCUT2D eigenvalue weighted by Gasteiger charge is -1.55. The summed E-state index contributed by atoms with van der Waals surface area (Å²) in [5, 5.41) is 0. The van der Waals surface area contributed by atoms with Crippen molar-refractivity contribution in [3.8, 4) is 0 Å². The SMILES string of the molecule is [2H]C([2H])(I)C=C. The number of halogens is 1. The Bertz CT molecular complexity index is 54.3. The minimum atomic E-state index is -1.22. The van der Waals surface area contributed by atoms with Crippen LogP contribution in [0.25, 0.3) is 0 Å². The highest BCUT2D eigenvalue weighted by molar-refractivity contribution is 14.1. The maximum Gasteiger partial charge on any atom is 0.0421 e. The smallest absolute Gasteiger partial charge is 0.0421 e. The fourth-order valence-electron chi connectivity index (χ4n) is 0. The minimum absolute atomic E-state index is 1.22. The average Bonchev–Trinajstić information content (AvgIpc) is 1.35. The van der Waals surface area contributed by atoms with E-state index in [0.29, 0.717) is 0 Å². The molecule has 0 amide bonds. The number of hydrogen-bond donors (Lipinski definition) is 0. The summed E-state index contributed by atoms with van der Waals surface area (Å²) in [6, 6.07) is 0. The Labute approximate surface area is 42.9 Å². The minimum Gasteiger partial charge on any atom is -0.102 e. The number of allylic oxidation sites excluding steroid dienone is 1. The summed E-state index contributed by atoms with van der Waals surface area (Å²) < 4.78 is 12.2. The molecule has 0 fully saturated rings. The molecule has 0 unspecified atom stereocenters.